The first-order valence-corrected chi connectivity index (χ1v) is 8.29. The molecule has 0 N–H and O–H groups in total. The zero-order valence-electron chi connectivity index (χ0n) is 12.2. The Kier molecular flexibility index (Phi) is 5.35. The lowest BCUT2D eigenvalue weighted by Crippen LogP contribution is -2.14. The normalized spacial score (nSPS) is 12.2. The highest BCUT2D eigenvalue weighted by Crippen LogP contribution is 2.36. The van der Waals surface area contributed by atoms with Crippen LogP contribution in [0.4, 0.5) is 18.9 Å². The van der Waals surface area contributed by atoms with Gasteiger partial charge >= 0.3 is 6.18 Å². The fourth-order valence-electron chi connectivity index (χ4n) is 1.97. The van der Waals surface area contributed by atoms with E-state index in [2.05, 4.69) is 4.18 Å². The van der Waals surface area contributed by atoms with Gasteiger partial charge in [0.2, 0.25) is 0 Å². The molecule has 0 heterocycles. The molecule has 2 aromatic carbocycles. The summed E-state index contributed by atoms with van der Waals surface area (Å²) in [5.41, 5.74) is -3.10. The molecule has 2 rings (SSSR count). The number of benzene rings is 2. The topological polar surface area (TPSA) is 86.5 Å². The maximum Gasteiger partial charge on any atom is 0.417 e. The molecular weight excluding hydrogens is 387 g/mol. The summed E-state index contributed by atoms with van der Waals surface area (Å²) in [4.78, 5) is 9.57. The second-order valence-electron chi connectivity index (χ2n) is 4.73. The van der Waals surface area contributed by atoms with Gasteiger partial charge in [-0.1, -0.05) is 17.7 Å². The van der Waals surface area contributed by atoms with Gasteiger partial charge in [0, 0.05) is 11.1 Å². The standard InChI is InChI=1S/C14H9ClF3NO5S/c15-9-4-6-10(7-5-9)25(22,23)24-8-11-12(14(16,17)18)2-1-3-13(11)19(20)21/h1-7H,8H2. The molecule has 134 valence electrons. The summed E-state index contributed by atoms with van der Waals surface area (Å²) in [6, 6.07) is 7.01. The van der Waals surface area contributed by atoms with Crippen LogP contribution in [-0.4, -0.2) is 13.3 Å². The van der Waals surface area contributed by atoms with Crippen LogP contribution in [0.2, 0.25) is 5.02 Å². The van der Waals surface area contributed by atoms with E-state index in [1.165, 1.54) is 12.1 Å². The quantitative estimate of drug-likeness (QED) is 0.431. The molecule has 6 nitrogen and oxygen atoms in total. The van der Waals surface area contributed by atoms with E-state index in [1.54, 1.807) is 0 Å². The Hall–Kier alpha value is -2.17. The highest BCUT2D eigenvalue weighted by molar-refractivity contribution is 7.86. The van der Waals surface area contributed by atoms with Crippen molar-refractivity contribution in [3.63, 3.8) is 0 Å². The average molecular weight is 396 g/mol. The summed E-state index contributed by atoms with van der Waals surface area (Å²) in [6.45, 7) is -1.14. The number of nitro benzene ring substituents is 1. The number of alkyl halides is 3. The lowest BCUT2D eigenvalue weighted by atomic mass is 10.1. The van der Waals surface area contributed by atoms with Gasteiger partial charge in [0.25, 0.3) is 15.8 Å². The fourth-order valence-corrected chi connectivity index (χ4v) is 2.97. The third-order valence-corrected chi connectivity index (χ3v) is 4.64. The molecule has 0 saturated carbocycles. The van der Waals surface area contributed by atoms with Gasteiger partial charge in [-0.3, -0.25) is 14.3 Å². The fraction of sp³-hybridized carbons (Fsp3) is 0.143. The maximum absolute atomic E-state index is 13.0. The molecule has 0 fully saturated rings. The molecule has 0 radical (unpaired) electrons. The van der Waals surface area contributed by atoms with Gasteiger partial charge in [0.1, 0.15) is 0 Å². The first kappa shape index (κ1) is 19.2. The van der Waals surface area contributed by atoms with Gasteiger partial charge in [-0.2, -0.15) is 21.6 Å². The van der Waals surface area contributed by atoms with Gasteiger partial charge in [-0.25, -0.2) is 0 Å². The minimum Gasteiger partial charge on any atom is -0.261 e. The third kappa shape index (κ3) is 4.47. The number of nitro groups is 1. The second kappa shape index (κ2) is 6.98. The van der Waals surface area contributed by atoms with Crippen LogP contribution in [0.25, 0.3) is 0 Å². The van der Waals surface area contributed by atoms with Crippen molar-refractivity contribution in [2.24, 2.45) is 0 Å². The first-order chi connectivity index (χ1) is 11.5. The molecular formula is C14H9ClF3NO5S. The number of hydrogen-bond donors (Lipinski definition) is 0. The summed E-state index contributed by atoms with van der Waals surface area (Å²) >= 11 is 5.63. The number of rotatable bonds is 5. The van der Waals surface area contributed by atoms with Crippen LogP contribution >= 0.6 is 11.6 Å². The Morgan fingerprint density at radius 3 is 2.24 bits per heavy atom. The van der Waals surface area contributed by atoms with Crippen molar-refractivity contribution in [3.8, 4) is 0 Å². The lowest BCUT2D eigenvalue weighted by Gasteiger charge is -2.13. The van der Waals surface area contributed by atoms with E-state index in [9.17, 15) is 31.7 Å². The summed E-state index contributed by atoms with van der Waals surface area (Å²) < 4.78 is 67.8. The smallest absolute Gasteiger partial charge is 0.261 e. The van der Waals surface area contributed by atoms with Crippen molar-refractivity contribution >= 4 is 27.4 Å². The van der Waals surface area contributed by atoms with Crippen molar-refractivity contribution in [1.82, 2.24) is 0 Å². The summed E-state index contributed by atoms with van der Waals surface area (Å²) in [6.07, 6.45) is -4.91. The van der Waals surface area contributed by atoms with E-state index < -0.39 is 44.6 Å². The van der Waals surface area contributed by atoms with E-state index >= 15 is 0 Å². The summed E-state index contributed by atoms with van der Waals surface area (Å²) in [5, 5.41) is 11.2. The number of hydrogen-bond acceptors (Lipinski definition) is 5. The monoisotopic (exact) mass is 395 g/mol. The Balaban J connectivity index is 2.40. The third-order valence-electron chi connectivity index (χ3n) is 3.11. The first-order valence-electron chi connectivity index (χ1n) is 6.51. The molecule has 0 aromatic heterocycles. The molecule has 0 aliphatic carbocycles. The zero-order chi connectivity index (χ0) is 18.8. The van der Waals surface area contributed by atoms with E-state index in [-0.39, 0.29) is 9.92 Å². The lowest BCUT2D eigenvalue weighted by molar-refractivity contribution is -0.386. The molecule has 0 saturated heterocycles. The Morgan fingerprint density at radius 2 is 1.72 bits per heavy atom. The molecule has 0 bridgehead atoms. The molecule has 2 aromatic rings. The van der Waals surface area contributed by atoms with Crippen molar-refractivity contribution in [2.75, 3.05) is 0 Å². The molecule has 0 atom stereocenters. The zero-order valence-corrected chi connectivity index (χ0v) is 13.7. The van der Waals surface area contributed by atoms with Crippen molar-refractivity contribution in [3.05, 3.63) is 68.7 Å². The summed E-state index contributed by atoms with van der Waals surface area (Å²) in [7, 11) is -4.43. The Bertz CT molecular complexity index is 898. The predicted octanol–water partition coefficient (Wildman–Crippen LogP) is 4.17. The Morgan fingerprint density at radius 1 is 1.12 bits per heavy atom. The molecule has 0 spiro atoms. The largest absolute Gasteiger partial charge is 0.417 e. The molecule has 11 heteroatoms. The van der Waals surface area contributed by atoms with Gasteiger partial charge < -0.3 is 0 Å². The van der Waals surface area contributed by atoms with Gasteiger partial charge in [-0.15, -0.1) is 0 Å². The minimum absolute atomic E-state index is 0.247. The van der Waals surface area contributed by atoms with Crippen molar-refractivity contribution in [2.45, 2.75) is 17.7 Å². The maximum atomic E-state index is 13.0. The van der Waals surface area contributed by atoms with Crippen molar-refractivity contribution < 1.29 is 30.7 Å². The molecule has 25 heavy (non-hydrogen) atoms. The predicted molar refractivity (Wildman–Crippen MR) is 81.5 cm³/mol. The highest BCUT2D eigenvalue weighted by Gasteiger charge is 2.37. The minimum atomic E-state index is -4.91. The van der Waals surface area contributed by atoms with Gasteiger partial charge in [-0.05, 0) is 30.3 Å². The number of nitrogens with zero attached hydrogens (tertiary/aromatic N) is 1. The van der Waals surface area contributed by atoms with Crippen LogP contribution in [0.3, 0.4) is 0 Å². The van der Waals surface area contributed by atoms with Crippen molar-refractivity contribution in [1.29, 1.82) is 0 Å². The van der Waals surface area contributed by atoms with Gasteiger partial charge in [0.15, 0.2) is 0 Å². The molecule has 0 amide bonds. The Labute approximate surface area is 145 Å². The van der Waals surface area contributed by atoms with Crippen LogP contribution in [0.15, 0.2) is 47.4 Å². The van der Waals surface area contributed by atoms with E-state index in [4.69, 9.17) is 11.6 Å². The number of halogens is 4. The van der Waals surface area contributed by atoms with E-state index in [0.717, 1.165) is 24.3 Å². The van der Waals surface area contributed by atoms with Crippen LogP contribution in [-0.2, 0) is 27.1 Å². The van der Waals surface area contributed by atoms with Crippen LogP contribution in [0, 0.1) is 10.1 Å². The molecule has 0 aliphatic rings. The summed E-state index contributed by atoms with van der Waals surface area (Å²) in [5.74, 6) is 0. The van der Waals surface area contributed by atoms with Crippen LogP contribution < -0.4 is 0 Å². The SMILES string of the molecule is O=[N+]([O-])c1cccc(C(F)(F)F)c1COS(=O)(=O)c1ccc(Cl)cc1. The molecule has 0 aliphatic heterocycles. The van der Waals surface area contributed by atoms with Crippen LogP contribution in [0.5, 0.6) is 0 Å². The highest BCUT2D eigenvalue weighted by atomic mass is 35.5. The van der Waals surface area contributed by atoms with Crippen LogP contribution in [0.1, 0.15) is 11.1 Å². The average Bonchev–Trinajstić information content (AvgIpc) is 2.52. The van der Waals surface area contributed by atoms with Gasteiger partial charge in [0.05, 0.1) is 27.6 Å². The van der Waals surface area contributed by atoms with E-state index in [0.29, 0.717) is 6.07 Å². The molecule has 0 unspecified atom stereocenters. The van der Waals surface area contributed by atoms with E-state index in [1.807, 2.05) is 0 Å². The second-order valence-corrected chi connectivity index (χ2v) is 6.78.